The first kappa shape index (κ1) is 15.0. The molecule has 0 atom stereocenters. The molecule has 1 fully saturated rings. The molecule has 7 nitrogen and oxygen atoms in total. The third kappa shape index (κ3) is 2.71. The maximum atomic E-state index is 12.8. The van der Waals surface area contributed by atoms with Crippen LogP contribution in [0.5, 0.6) is 0 Å². The first-order valence-corrected chi connectivity index (χ1v) is 8.75. The van der Waals surface area contributed by atoms with Crippen LogP contribution in [0.15, 0.2) is 35.5 Å². The van der Waals surface area contributed by atoms with Gasteiger partial charge in [-0.3, -0.25) is 0 Å². The zero-order valence-corrected chi connectivity index (χ0v) is 13.3. The van der Waals surface area contributed by atoms with E-state index in [2.05, 4.69) is 15.2 Å². The number of nitrogens with zero attached hydrogens (tertiary/aromatic N) is 4. The Morgan fingerprint density at radius 2 is 1.91 bits per heavy atom. The molecule has 2 aromatic rings. The van der Waals surface area contributed by atoms with Gasteiger partial charge < -0.3 is 4.90 Å². The van der Waals surface area contributed by atoms with Crippen LogP contribution in [-0.2, 0) is 16.4 Å². The second-order valence-electron chi connectivity index (χ2n) is 5.16. The lowest BCUT2D eigenvalue weighted by Gasteiger charge is -2.33. The van der Waals surface area contributed by atoms with Gasteiger partial charge in [0.1, 0.15) is 6.33 Å². The number of hydrogen-bond donors (Lipinski definition) is 1. The van der Waals surface area contributed by atoms with Crippen LogP contribution in [0.2, 0.25) is 0 Å². The average molecular weight is 321 g/mol. The molecule has 1 aromatic carbocycles. The van der Waals surface area contributed by atoms with E-state index in [0.717, 1.165) is 5.56 Å². The summed E-state index contributed by atoms with van der Waals surface area (Å²) < 4.78 is 27.2. The Kier molecular flexibility index (Phi) is 4.12. The van der Waals surface area contributed by atoms with Crippen molar-refractivity contribution < 1.29 is 8.42 Å². The van der Waals surface area contributed by atoms with Crippen LogP contribution in [0.3, 0.4) is 0 Å². The lowest BCUT2D eigenvalue weighted by molar-refractivity contribution is 0.382. The maximum Gasteiger partial charge on any atom is 0.243 e. The van der Waals surface area contributed by atoms with Crippen LogP contribution in [-0.4, -0.2) is 54.1 Å². The Morgan fingerprint density at radius 1 is 1.18 bits per heavy atom. The molecule has 0 amide bonds. The van der Waals surface area contributed by atoms with E-state index in [-0.39, 0.29) is 0 Å². The third-order valence-electron chi connectivity index (χ3n) is 3.91. The molecule has 0 unspecified atom stereocenters. The summed E-state index contributed by atoms with van der Waals surface area (Å²) in [7, 11) is -3.44. The van der Waals surface area contributed by atoms with Gasteiger partial charge in [-0.2, -0.15) is 14.4 Å². The zero-order valence-electron chi connectivity index (χ0n) is 12.4. The first-order valence-electron chi connectivity index (χ1n) is 7.31. The van der Waals surface area contributed by atoms with Crippen LogP contribution < -0.4 is 4.90 Å². The monoisotopic (exact) mass is 321 g/mol. The molecular weight excluding hydrogens is 302 g/mol. The van der Waals surface area contributed by atoms with Crippen LogP contribution in [0.25, 0.3) is 0 Å². The lowest BCUT2D eigenvalue weighted by atomic mass is 10.2. The van der Waals surface area contributed by atoms with Crippen LogP contribution >= 0.6 is 0 Å². The number of aromatic amines is 1. The molecular formula is C14H19N5O2S. The third-order valence-corrected chi connectivity index (χ3v) is 5.91. The van der Waals surface area contributed by atoms with Gasteiger partial charge in [0.2, 0.25) is 16.0 Å². The molecule has 3 rings (SSSR count). The number of aromatic nitrogens is 3. The molecule has 0 aliphatic carbocycles. The van der Waals surface area contributed by atoms with Crippen molar-refractivity contribution in [3.05, 3.63) is 36.2 Å². The summed E-state index contributed by atoms with van der Waals surface area (Å²) in [5.74, 6) is 0.686. The van der Waals surface area contributed by atoms with E-state index in [9.17, 15) is 8.42 Å². The number of benzene rings is 1. The van der Waals surface area contributed by atoms with Gasteiger partial charge in [0.25, 0.3) is 0 Å². The van der Waals surface area contributed by atoms with E-state index in [0.29, 0.717) is 43.4 Å². The smallest absolute Gasteiger partial charge is 0.243 e. The van der Waals surface area contributed by atoms with E-state index in [4.69, 9.17) is 0 Å². The Balaban J connectivity index is 1.77. The molecule has 1 aliphatic heterocycles. The molecule has 2 heterocycles. The van der Waals surface area contributed by atoms with Gasteiger partial charge in [-0.1, -0.05) is 25.1 Å². The minimum absolute atomic E-state index is 0.422. The van der Waals surface area contributed by atoms with Gasteiger partial charge >= 0.3 is 0 Å². The minimum atomic E-state index is -3.44. The van der Waals surface area contributed by atoms with E-state index in [1.165, 1.54) is 6.33 Å². The Bertz CT molecular complexity index is 721. The zero-order chi connectivity index (χ0) is 15.6. The van der Waals surface area contributed by atoms with Crippen molar-refractivity contribution in [3.8, 4) is 0 Å². The number of piperazine rings is 1. The van der Waals surface area contributed by atoms with Gasteiger partial charge in [-0.05, 0) is 18.1 Å². The Hall–Kier alpha value is -1.93. The van der Waals surface area contributed by atoms with Crippen molar-refractivity contribution in [2.75, 3.05) is 31.1 Å². The predicted molar refractivity (Wildman–Crippen MR) is 83.2 cm³/mol. The number of aryl methyl sites for hydroxylation is 1. The van der Waals surface area contributed by atoms with E-state index in [1.807, 2.05) is 24.0 Å². The highest BCUT2D eigenvalue weighted by Crippen LogP contribution is 2.22. The second kappa shape index (κ2) is 6.05. The number of nitrogens with one attached hydrogen (secondary N) is 1. The number of rotatable bonds is 4. The lowest BCUT2D eigenvalue weighted by Crippen LogP contribution is -2.49. The molecule has 22 heavy (non-hydrogen) atoms. The summed E-state index contributed by atoms with van der Waals surface area (Å²) in [6.07, 6.45) is 2.16. The van der Waals surface area contributed by atoms with E-state index in [1.54, 1.807) is 16.4 Å². The first-order chi connectivity index (χ1) is 10.6. The summed E-state index contributed by atoms with van der Waals surface area (Å²) in [4.78, 5) is 6.53. The van der Waals surface area contributed by atoms with Crippen LogP contribution in [0, 0.1) is 0 Å². The molecule has 118 valence electrons. The molecule has 0 bridgehead atoms. The molecule has 1 aliphatic rings. The van der Waals surface area contributed by atoms with E-state index < -0.39 is 10.0 Å². The summed E-state index contributed by atoms with van der Waals surface area (Å²) >= 11 is 0. The second-order valence-corrected chi connectivity index (χ2v) is 7.07. The SMILES string of the molecule is CCc1ccccc1S(=O)(=O)N1CCN(c2ncn[nH]2)CC1. The average Bonchev–Trinajstić information content (AvgIpc) is 3.09. The van der Waals surface area contributed by atoms with Crippen molar-refractivity contribution in [3.63, 3.8) is 0 Å². The molecule has 0 saturated carbocycles. The highest BCUT2D eigenvalue weighted by atomic mass is 32.2. The van der Waals surface area contributed by atoms with Crippen molar-refractivity contribution in [1.29, 1.82) is 0 Å². The highest BCUT2D eigenvalue weighted by molar-refractivity contribution is 7.89. The van der Waals surface area contributed by atoms with Crippen molar-refractivity contribution >= 4 is 16.0 Å². The fraction of sp³-hybridized carbons (Fsp3) is 0.429. The summed E-state index contributed by atoms with van der Waals surface area (Å²) in [5, 5.41) is 6.63. The predicted octanol–water partition coefficient (Wildman–Crippen LogP) is 0.878. The fourth-order valence-corrected chi connectivity index (χ4v) is 4.39. The normalized spacial score (nSPS) is 16.9. The Morgan fingerprint density at radius 3 is 2.55 bits per heavy atom. The fourth-order valence-electron chi connectivity index (χ4n) is 2.68. The number of H-pyrrole nitrogens is 1. The van der Waals surface area contributed by atoms with Gasteiger partial charge in [-0.25, -0.2) is 13.5 Å². The quantitative estimate of drug-likeness (QED) is 0.904. The Labute approximate surface area is 130 Å². The molecule has 1 saturated heterocycles. The largest absolute Gasteiger partial charge is 0.339 e. The summed E-state index contributed by atoms with van der Waals surface area (Å²) in [6, 6.07) is 7.21. The number of sulfonamides is 1. The van der Waals surface area contributed by atoms with Gasteiger partial charge in [0.15, 0.2) is 0 Å². The molecule has 1 aromatic heterocycles. The maximum absolute atomic E-state index is 12.8. The van der Waals surface area contributed by atoms with Crippen molar-refractivity contribution in [2.45, 2.75) is 18.2 Å². The minimum Gasteiger partial charge on any atom is -0.339 e. The molecule has 8 heteroatoms. The standard InChI is InChI=1S/C14H19N5O2S/c1-2-12-5-3-4-6-13(12)22(20,21)19-9-7-18(8-10-19)14-15-11-16-17-14/h3-6,11H,2,7-10H2,1H3,(H,15,16,17). The van der Waals surface area contributed by atoms with Crippen molar-refractivity contribution in [2.24, 2.45) is 0 Å². The molecule has 0 spiro atoms. The number of hydrogen-bond acceptors (Lipinski definition) is 5. The topological polar surface area (TPSA) is 82.2 Å². The number of anilines is 1. The van der Waals surface area contributed by atoms with Crippen LogP contribution in [0.1, 0.15) is 12.5 Å². The van der Waals surface area contributed by atoms with Gasteiger partial charge in [0, 0.05) is 26.2 Å². The highest BCUT2D eigenvalue weighted by Gasteiger charge is 2.30. The van der Waals surface area contributed by atoms with Crippen LogP contribution in [0.4, 0.5) is 5.95 Å². The van der Waals surface area contributed by atoms with Gasteiger partial charge in [0.05, 0.1) is 4.90 Å². The van der Waals surface area contributed by atoms with Crippen molar-refractivity contribution in [1.82, 2.24) is 19.5 Å². The van der Waals surface area contributed by atoms with Gasteiger partial charge in [-0.15, -0.1) is 0 Å². The molecule has 0 radical (unpaired) electrons. The van der Waals surface area contributed by atoms with E-state index >= 15 is 0 Å². The molecule has 1 N–H and O–H groups in total. The summed E-state index contributed by atoms with van der Waals surface area (Å²) in [6.45, 7) is 4.06. The summed E-state index contributed by atoms with van der Waals surface area (Å²) in [5.41, 5.74) is 0.861.